The van der Waals surface area contributed by atoms with Crippen molar-refractivity contribution >= 4 is 12.0 Å². The first kappa shape index (κ1) is 16.7. The molecule has 2 rings (SSSR count). The number of nitrogens with one attached hydrogen (secondary N) is 1. The van der Waals surface area contributed by atoms with E-state index in [1.165, 1.54) is 6.08 Å². The van der Waals surface area contributed by atoms with Crippen LogP contribution < -0.4 is 10.1 Å². The first-order valence-electron chi connectivity index (χ1n) is 7.31. The van der Waals surface area contributed by atoms with Gasteiger partial charge in [-0.3, -0.25) is 9.78 Å². The second-order valence-electron chi connectivity index (χ2n) is 5.13. The maximum atomic E-state index is 11.9. The van der Waals surface area contributed by atoms with E-state index in [2.05, 4.69) is 10.3 Å². The van der Waals surface area contributed by atoms with Crippen LogP contribution in [0, 0.1) is 0 Å². The molecule has 0 saturated carbocycles. The van der Waals surface area contributed by atoms with Crippen molar-refractivity contribution < 1.29 is 14.6 Å². The molecule has 1 aromatic heterocycles. The smallest absolute Gasteiger partial charge is 0.244 e. The number of aromatic nitrogens is 1. The highest BCUT2D eigenvalue weighted by Gasteiger charge is 2.17. The first-order valence-corrected chi connectivity index (χ1v) is 7.31. The van der Waals surface area contributed by atoms with Crippen LogP contribution in [0.15, 0.2) is 54.9 Å². The zero-order valence-corrected chi connectivity index (χ0v) is 13.1. The zero-order chi connectivity index (χ0) is 16.7. The third kappa shape index (κ3) is 4.93. The lowest BCUT2D eigenvalue weighted by molar-refractivity contribution is -0.117. The summed E-state index contributed by atoms with van der Waals surface area (Å²) in [5.41, 5.74) is 1.56. The van der Waals surface area contributed by atoms with E-state index in [9.17, 15) is 9.90 Å². The number of hydrogen-bond donors (Lipinski definition) is 2. The average molecular weight is 312 g/mol. The van der Waals surface area contributed by atoms with Crippen LogP contribution in [0.4, 0.5) is 0 Å². The topological polar surface area (TPSA) is 71.5 Å². The molecule has 5 nitrogen and oxygen atoms in total. The molecule has 5 heteroatoms. The molecule has 1 heterocycles. The summed E-state index contributed by atoms with van der Waals surface area (Å²) in [5, 5.41) is 13.0. The van der Waals surface area contributed by atoms with Crippen molar-refractivity contribution in [3.05, 3.63) is 66.0 Å². The number of rotatable bonds is 6. The Balaban J connectivity index is 1.93. The van der Waals surface area contributed by atoms with Crippen molar-refractivity contribution in [2.24, 2.45) is 0 Å². The van der Waals surface area contributed by atoms with Crippen LogP contribution in [0.25, 0.3) is 6.08 Å². The van der Waals surface area contributed by atoms with Gasteiger partial charge in [0.1, 0.15) is 5.75 Å². The molecule has 0 aliphatic rings. The summed E-state index contributed by atoms with van der Waals surface area (Å²) >= 11 is 0. The van der Waals surface area contributed by atoms with E-state index in [4.69, 9.17) is 4.74 Å². The van der Waals surface area contributed by atoms with Gasteiger partial charge < -0.3 is 15.2 Å². The van der Waals surface area contributed by atoms with E-state index in [0.717, 1.165) is 16.9 Å². The van der Waals surface area contributed by atoms with E-state index >= 15 is 0 Å². The van der Waals surface area contributed by atoms with Gasteiger partial charge in [0.15, 0.2) is 0 Å². The third-order valence-corrected chi connectivity index (χ3v) is 3.41. The van der Waals surface area contributed by atoms with Crippen molar-refractivity contribution in [1.82, 2.24) is 10.3 Å². The largest absolute Gasteiger partial charge is 0.497 e. The van der Waals surface area contributed by atoms with Crippen molar-refractivity contribution in [2.45, 2.75) is 19.1 Å². The number of ether oxygens (including phenoxy) is 1. The molecule has 0 aliphatic heterocycles. The fraction of sp³-hybridized carbons (Fsp3) is 0.222. The Labute approximate surface area is 135 Å². The molecule has 0 saturated heterocycles. The number of benzene rings is 1. The number of methoxy groups -OCH3 is 1. The molecular formula is C18H20N2O3. The standard InChI is InChI=1S/C18H20N2O3/c1-13(18(22)15-6-8-16(23-2)9-7-15)20-17(21)10-5-14-4-3-11-19-12-14/h3-13,18,22H,1-2H3,(H,20,21)/b10-5+. The minimum atomic E-state index is -0.795. The van der Waals surface area contributed by atoms with Crippen LogP contribution in [0.5, 0.6) is 5.75 Å². The van der Waals surface area contributed by atoms with Crippen LogP contribution in [-0.2, 0) is 4.79 Å². The van der Waals surface area contributed by atoms with Gasteiger partial charge in [0.2, 0.25) is 5.91 Å². The molecule has 2 aromatic rings. The van der Waals surface area contributed by atoms with Gasteiger partial charge in [-0.15, -0.1) is 0 Å². The fourth-order valence-electron chi connectivity index (χ4n) is 2.09. The summed E-state index contributed by atoms with van der Waals surface area (Å²) in [6, 6.07) is 10.3. The van der Waals surface area contributed by atoms with Gasteiger partial charge in [-0.05, 0) is 42.3 Å². The van der Waals surface area contributed by atoms with Crippen LogP contribution in [0.1, 0.15) is 24.2 Å². The van der Waals surface area contributed by atoms with Crippen molar-refractivity contribution in [3.8, 4) is 5.75 Å². The van der Waals surface area contributed by atoms with Gasteiger partial charge in [-0.1, -0.05) is 18.2 Å². The minimum Gasteiger partial charge on any atom is -0.497 e. The van der Waals surface area contributed by atoms with Crippen LogP contribution in [0.2, 0.25) is 0 Å². The molecular weight excluding hydrogens is 292 g/mol. The Morgan fingerprint density at radius 3 is 2.65 bits per heavy atom. The summed E-state index contributed by atoms with van der Waals surface area (Å²) < 4.78 is 5.08. The number of carbonyl (C=O) groups excluding carboxylic acids is 1. The Bertz CT molecular complexity index is 654. The van der Waals surface area contributed by atoms with E-state index < -0.39 is 12.1 Å². The molecule has 23 heavy (non-hydrogen) atoms. The maximum Gasteiger partial charge on any atom is 0.244 e. The first-order chi connectivity index (χ1) is 11.1. The number of hydrogen-bond acceptors (Lipinski definition) is 4. The van der Waals surface area contributed by atoms with Gasteiger partial charge in [0.25, 0.3) is 0 Å². The SMILES string of the molecule is COc1ccc(C(O)C(C)NC(=O)/C=C/c2cccnc2)cc1. The van der Waals surface area contributed by atoms with E-state index in [0.29, 0.717) is 0 Å². The Kier molecular flexibility index (Phi) is 5.88. The second kappa shape index (κ2) is 8.10. The number of aliphatic hydroxyl groups is 1. The lowest BCUT2D eigenvalue weighted by Crippen LogP contribution is -2.36. The number of pyridine rings is 1. The highest BCUT2D eigenvalue weighted by Crippen LogP contribution is 2.20. The molecule has 1 aromatic carbocycles. The molecule has 2 atom stereocenters. The molecule has 0 fully saturated rings. The predicted octanol–water partition coefficient (Wildman–Crippen LogP) is 2.34. The third-order valence-electron chi connectivity index (χ3n) is 3.41. The molecule has 0 radical (unpaired) electrons. The number of carbonyl (C=O) groups is 1. The summed E-state index contributed by atoms with van der Waals surface area (Å²) in [7, 11) is 1.59. The lowest BCUT2D eigenvalue weighted by Gasteiger charge is -2.20. The van der Waals surface area contributed by atoms with Gasteiger partial charge in [-0.2, -0.15) is 0 Å². The number of nitrogens with zero attached hydrogens (tertiary/aromatic N) is 1. The van der Waals surface area contributed by atoms with E-state index in [1.807, 2.05) is 6.07 Å². The molecule has 0 bridgehead atoms. The van der Waals surface area contributed by atoms with Crippen molar-refractivity contribution in [2.75, 3.05) is 7.11 Å². The van der Waals surface area contributed by atoms with Gasteiger partial charge in [0.05, 0.1) is 19.3 Å². The molecule has 2 N–H and O–H groups in total. The monoisotopic (exact) mass is 312 g/mol. The molecule has 0 spiro atoms. The Morgan fingerprint density at radius 1 is 1.30 bits per heavy atom. The van der Waals surface area contributed by atoms with Crippen molar-refractivity contribution in [3.63, 3.8) is 0 Å². The molecule has 120 valence electrons. The molecule has 1 amide bonds. The predicted molar refractivity (Wildman–Crippen MR) is 88.8 cm³/mol. The van der Waals surface area contributed by atoms with Gasteiger partial charge >= 0.3 is 0 Å². The number of amides is 1. The van der Waals surface area contributed by atoms with Crippen LogP contribution in [0.3, 0.4) is 0 Å². The van der Waals surface area contributed by atoms with E-state index in [-0.39, 0.29) is 5.91 Å². The van der Waals surface area contributed by atoms with Crippen LogP contribution >= 0.6 is 0 Å². The fourth-order valence-corrected chi connectivity index (χ4v) is 2.09. The Hall–Kier alpha value is -2.66. The maximum absolute atomic E-state index is 11.9. The lowest BCUT2D eigenvalue weighted by atomic mass is 10.0. The highest BCUT2D eigenvalue weighted by molar-refractivity contribution is 5.91. The van der Waals surface area contributed by atoms with Crippen LogP contribution in [-0.4, -0.2) is 29.1 Å². The van der Waals surface area contributed by atoms with E-state index in [1.54, 1.807) is 62.8 Å². The summed E-state index contributed by atoms with van der Waals surface area (Å²) in [5.74, 6) is 0.450. The normalized spacial score (nSPS) is 13.5. The average Bonchev–Trinajstić information content (AvgIpc) is 2.60. The molecule has 2 unspecified atom stereocenters. The second-order valence-corrected chi connectivity index (χ2v) is 5.13. The molecule has 0 aliphatic carbocycles. The van der Waals surface area contributed by atoms with Gasteiger partial charge in [0, 0.05) is 18.5 Å². The summed E-state index contributed by atoms with van der Waals surface area (Å²) in [6.45, 7) is 1.75. The highest BCUT2D eigenvalue weighted by atomic mass is 16.5. The minimum absolute atomic E-state index is 0.270. The zero-order valence-electron chi connectivity index (χ0n) is 13.1. The Morgan fingerprint density at radius 2 is 2.04 bits per heavy atom. The summed E-state index contributed by atoms with van der Waals surface area (Å²) in [4.78, 5) is 15.9. The summed E-state index contributed by atoms with van der Waals surface area (Å²) in [6.07, 6.45) is 5.64. The number of aliphatic hydroxyl groups excluding tert-OH is 1. The van der Waals surface area contributed by atoms with Gasteiger partial charge in [-0.25, -0.2) is 0 Å². The quantitative estimate of drug-likeness (QED) is 0.803. The van der Waals surface area contributed by atoms with Crippen molar-refractivity contribution in [1.29, 1.82) is 0 Å².